The second-order valence-corrected chi connectivity index (χ2v) is 8.72. The normalized spacial score (nSPS) is 16.6. The maximum absolute atomic E-state index is 12.4. The summed E-state index contributed by atoms with van der Waals surface area (Å²) in [5.74, 6) is 0.447. The monoisotopic (exact) mass is 404 g/mol. The summed E-state index contributed by atoms with van der Waals surface area (Å²) in [4.78, 5) is 12.4. The van der Waals surface area contributed by atoms with Gasteiger partial charge in [0.05, 0.1) is 18.0 Å². The topological polar surface area (TPSA) is 84.9 Å². The number of hydrogen-bond donors (Lipinski definition) is 1. The lowest BCUT2D eigenvalue weighted by molar-refractivity contribution is 0.0679. The Balaban J connectivity index is 1.56. The summed E-state index contributed by atoms with van der Waals surface area (Å²) < 4.78 is 35.5. The first kappa shape index (κ1) is 20.2. The first-order valence-corrected chi connectivity index (χ1v) is 10.9. The minimum atomic E-state index is -3.34. The summed E-state index contributed by atoms with van der Waals surface area (Å²) in [5, 5.41) is 2.81. The highest BCUT2D eigenvalue weighted by atomic mass is 32.2. The van der Waals surface area contributed by atoms with Crippen LogP contribution in [0.15, 0.2) is 48.5 Å². The number of amides is 1. The van der Waals surface area contributed by atoms with E-state index in [1.165, 1.54) is 7.05 Å². The largest absolute Gasteiger partial charge is 0.491 e. The molecular weight excluding hydrogens is 380 g/mol. The van der Waals surface area contributed by atoms with Gasteiger partial charge in [0.25, 0.3) is 5.91 Å². The van der Waals surface area contributed by atoms with Gasteiger partial charge in [-0.15, -0.1) is 0 Å². The van der Waals surface area contributed by atoms with Crippen LogP contribution in [-0.2, 0) is 14.8 Å². The van der Waals surface area contributed by atoms with Crippen LogP contribution in [0.1, 0.15) is 23.2 Å². The summed E-state index contributed by atoms with van der Waals surface area (Å²) in [6.07, 6.45) is 3.38. The van der Waals surface area contributed by atoms with Gasteiger partial charge in [0.1, 0.15) is 12.4 Å². The summed E-state index contributed by atoms with van der Waals surface area (Å²) >= 11 is 0. The number of anilines is 2. The maximum Gasteiger partial charge on any atom is 0.255 e. The van der Waals surface area contributed by atoms with Crippen molar-refractivity contribution in [3.63, 3.8) is 0 Å². The van der Waals surface area contributed by atoms with E-state index in [1.807, 2.05) is 0 Å². The van der Waals surface area contributed by atoms with Crippen molar-refractivity contribution in [2.75, 3.05) is 36.1 Å². The SMILES string of the molecule is CN(c1ccc(C(=O)Nc2ccc(OCC3CCCO3)cc2)cc1)S(C)(=O)=O. The number of hydrogen-bond acceptors (Lipinski definition) is 5. The molecule has 1 unspecified atom stereocenters. The van der Waals surface area contributed by atoms with E-state index in [2.05, 4.69) is 5.32 Å². The van der Waals surface area contributed by atoms with Crippen LogP contribution in [0.3, 0.4) is 0 Å². The number of nitrogens with zero attached hydrogens (tertiary/aromatic N) is 1. The number of nitrogens with one attached hydrogen (secondary N) is 1. The standard InChI is InChI=1S/C20H24N2O5S/c1-22(28(2,24)25)17-9-5-15(6-10-17)20(23)21-16-7-11-18(12-8-16)27-14-19-4-3-13-26-19/h5-12,19H,3-4,13-14H2,1-2H3,(H,21,23). The molecule has 2 aromatic rings. The Bertz CT molecular complexity index is 905. The Morgan fingerprint density at radius 2 is 1.86 bits per heavy atom. The van der Waals surface area contributed by atoms with Gasteiger partial charge in [0.15, 0.2) is 0 Å². The molecule has 0 aromatic heterocycles. The lowest BCUT2D eigenvalue weighted by Gasteiger charge is -2.16. The smallest absolute Gasteiger partial charge is 0.255 e. The molecule has 1 N–H and O–H groups in total. The van der Waals surface area contributed by atoms with Gasteiger partial charge >= 0.3 is 0 Å². The van der Waals surface area contributed by atoms with Gasteiger partial charge < -0.3 is 14.8 Å². The average molecular weight is 404 g/mol. The number of benzene rings is 2. The predicted octanol–water partition coefficient (Wildman–Crippen LogP) is 2.89. The molecule has 0 spiro atoms. The second-order valence-electron chi connectivity index (χ2n) is 6.70. The molecule has 2 aromatic carbocycles. The van der Waals surface area contributed by atoms with Crippen molar-refractivity contribution in [1.82, 2.24) is 0 Å². The molecule has 1 atom stereocenters. The number of ether oxygens (including phenoxy) is 2. The van der Waals surface area contributed by atoms with Gasteiger partial charge in [0, 0.05) is 24.9 Å². The first-order valence-electron chi connectivity index (χ1n) is 9.03. The van der Waals surface area contributed by atoms with Crippen LogP contribution >= 0.6 is 0 Å². The minimum absolute atomic E-state index is 0.157. The van der Waals surface area contributed by atoms with Crippen molar-refractivity contribution in [1.29, 1.82) is 0 Å². The molecule has 1 aliphatic rings. The second kappa shape index (κ2) is 8.62. The van der Waals surface area contributed by atoms with Crippen LogP contribution in [0.4, 0.5) is 11.4 Å². The molecule has 0 aliphatic carbocycles. The zero-order valence-corrected chi connectivity index (χ0v) is 16.7. The van der Waals surface area contributed by atoms with Crippen molar-refractivity contribution >= 4 is 27.3 Å². The molecule has 8 heteroatoms. The highest BCUT2D eigenvalue weighted by Crippen LogP contribution is 2.20. The molecule has 7 nitrogen and oxygen atoms in total. The lowest BCUT2D eigenvalue weighted by Crippen LogP contribution is -2.24. The number of sulfonamides is 1. The van der Waals surface area contributed by atoms with Crippen LogP contribution in [0.25, 0.3) is 0 Å². The maximum atomic E-state index is 12.4. The van der Waals surface area contributed by atoms with E-state index in [1.54, 1.807) is 48.5 Å². The van der Waals surface area contributed by atoms with Crippen LogP contribution < -0.4 is 14.4 Å². The molecule has 0 saturated carbocycles. The Hall–Kier alpha value is -2.58. The highest BCUT2D eigenvalue weighted by molar-refractivity contribution is 7.92. The summed E-state index contributed by atoms with van der Waals surface area (Å²) in [7, 11) is -1.87. The molecule has 0 bridgehead atoms. The zero-order chi connectivity index (χ0) is 20.1. The fourth-order valence-electron chi connectivity index (χ4n) is 2.82. The van der Waals surface area contributed by atoms with Crippen molar-refractivity contribution < 1.29 is 22.7 Å². The quantitative estimate of drug-likeness (QED) is 0.767. The third kappa shape index (κ3) is 5.24. The van der Waals surface area contributed by atoms with Gasteiger partial charge in [-0.05, 0) is 61.4 Å². The van der Waals surface area contributed by atoms with Crippen LogP contribution in [-0.4, -0.2) is 46.9 Å². The molecule has 1 fully saturated rings. The van der Waals surface area contributed by atoms with Gasteiger partial charge in [-0.1, -0.05) is 0 Å². The van der Waals surface area contributed by atoms with E-state index >= 15 is 0 Å². The number of carbonyl (C=O) groups excluding carboxylic acids is 1. The minimum Gasteiger partial charge on any atom is -0.491 e. The molecule has 1 aliphatic heterocycles. The van der Waals surface area contributed by atoms with Crippen molar-refractivity contribution in [2.45, 2.75) is 18.9 Å². The lowest BCUT2D eigenvalue weighted by atomic mass is 10.2. The third-order valence-corrected chi connectivity index (χ3v) is 5.77. The van der Waals surface area contributed by atoms with Gasteiger partial charge in [-0.25, -0.2) is 8.42 Å². The fraction of sp³-hybridized carbons (Fsp3) is 0.350. The molecule has 1 heterocycles. The van der Waals surface area contributed by atoms with E-state index in [0.717, 1.165) is 35.8 Å². The zero-order valence-electron chi connectivity index (χ0n) is 15.9. The van der Waals surface area contributed by atoms with E-state index in [0.29, 0.717) is 23.5 Å². The van der Waals surface area contributed by atoms with E-state index in [4.69, 9.17) is 9.47 Å². The van der Waals surface area contributed by atoms with Crippen molar-refractivity contribution in [3.8, 4) is 5.75 Å². The van der Waals surface area contributed by atoms with Crippen LogP contribution in [0.2, 0.25) is 0 Å². The molecule has 28 heavy (non-hydrogen) atoms. The van der Waals surface area contributed by atoms with Gasteiger partial charge in [0.2, 0.25) is 10.0 Å². The Kier molecular flexibility index (Phi) is 6.21. The summed E-state index contributed by atoms with van der Waals surface area (Å²) in [6.45, 7) is 1.32. The predicted molar refractivity (Wildman–Crippen MR) is 109 cm³/mol. The summed E-state index contributed by atoms with van der Waals surface area (Å²) in [5.41, 5.74) is 1.57. The Morgan fingerprint density at radius 3 is 2.43 bits per heavy atom. The fourth-order valence-corrected chi connectivity index (χ4v) is 3.32. The Morgan fingerprint density at radius 1 is 1.18 bits per heavy atom. The van der Waals surface area contributed by atoms with E-state index in [-0.39, 0.29) is 12.0 Å². The molecule has 0 radical (unpaired) electrons. The van der Waals surface area contributed by atoms with Crippen LogP contribution in [0, 0.1) is 0 Å². The van der Waals surface area contributed by atoms with Gasteiger partial charge in [-0.3, -0.25) is 9.10 Å². The Labute approximate surface area is 165 Å². The highest BCUT2D eigenvalue weighted by Gasteiger charge is 2.16. The molecule has 1 amide bonds. The summed E-state index contributed by atoms with van der Waals surface area (Å²) in [6, 6.07) is 13.5. The number of rotatable bonds is 7. The van der Waals surface area contributed by atoms with Crippen molar-refractivity contribution in [3.05, 3.63) is 54.1 Å². The van der Waals surface area contributed by atoms with Gasteiger partial charge in [-0.2, -0.15) is 0 Å². The van der Waals surface area contributed by atoms with E-state index < -0.39 is 10.0 Å². The van der Waals surface area contributed by atoms with E-state index in [9.17, 15) is 13.2 Å². The molecule has 150 valence electrons. The molecule has 1 saturated heterocycles. The first-order chi connectivity index (χ1) is 13.3. The third-order valence-electron chi connectivity index (χ3n) is 4.56. The van der Waals surface area contributed by atoms with Crippen molar-refractivity contribution in [2.24, 2.45) is 0 Å². The number of carbonyl (C=O) groups is 1. The molecule has 3 rings (SSSR count). The van der Waals surface area contributed by atoms with Crippen LogP contribution in [0.5, 0.6) is 5.75 Å². The molecular formula is C20H24N2O5S. The average Bonchev–Trinajstić information content (AvgIpc) is 3.20.